The standard InChI is InChI=1S/C16H27N3O3S/c1-10-14(11(2)19(7)18-10)17-15(21)12(3)23-9-8-13(20)22-16(4,5)6/h12H,8-9H2,1-7H3,(H,17,21)/t12-/m1/s1. The highest BCUT2D eigenvalue weighted by molar-refractivity contribution is 8.00. The van der Waals surface area contributed by atoms with E-state index in [0.29, 0.717) is 12.2 Å². The summed E-state index contributed by atoms with van der Waals surface area (Å²) in [7, 11) is 1.84. The number of rotatable bonds is 6. The molecule has 130 valence electrons. The van der Waals surface area contributed by atoms with Crippen LogP contribution in [0.4, 0.5) is 5.69 Å². The van der Waals surface area contributed by atoms with E-state index in [0.717, 1.165) is 17.1 Å². The second kappa shape index (κ2) is 7.86. The number of thioether (sulfide) groups is 1. The zero-order chi connectivity index (χ0) is 17.8. The van der Waals surface area contributed by atoms with E-state index in [1.807, 2.05) is 48.6 Å². The van der Waals surface area contributed by atoms with Gasteiger partial charge in [-0.1, -0.05) is 0 Å². The van der Waals surface area contributed by atoms with E-state index in [1.54, 1.807) is 4.68 Å². The van der Waals surface area contributed by atoms with Crippen LogP contribution in [0, 0.1) is 13.8 Å². The van der Waals surface area contributed by atoms with Crippen molar-refractivity contribution in [3.8, 4) is 0 Å². The summed E-state index contributed by atoms with van der Waals surface area (Å²) in [5, 5.41) is 6.94. The van der Waals surface area contributed by atoms with Crippen LogP contribution in [-0.2, 0) is 21.4 Å². The molecule has 1 rings (SSSR count). The highest BCUT2D eigenvalue weighted by Crippen LogP contribution is 2.21. The highest BCUT2D eigenvalue weighted by atomic mass is 32.2. The molecule has 1 amide bonds. The number of hydrogen-bond donors (Lipinski definition) is 1. The number of anilines is 1. The Labute approximate surface area is 142 Å². The average molecular weight is 341 g/mol. The zero-order valence-electron chi connectivity index (χ0n) is 15.0. The summed E-state index contributed by atoms with van der Waals surface area (Å²) in [5.74, 6) is 0.226. The van der Waals surface area contributed by atoms with Gasteiger partial charge in [0.1, 0.15) is 5.60 Å². The SMILES string of the molecule is Cc1nn(C)c(C)c1NC(=O)[C@@H](C)SCCC(=O)OC(C)(C)C. The molecule has 0 radical (unpaired) electrons. The van der Waals surface area contributed by atoms with Crippen LogP contribution >= 0.6 is 11.8 Å². The van der Waals surface area contributed by atoms with E-state index in [2.05, 4.69) is 10.4 Å². The molecular weight excluding hydrogens is 314 g/mol. The van der Waals surface area contributed by atoms with E-state index in [4.69, 9.17) is 4.74 Å². The molecule has 6 nitrogen and oxygen atoms in total. The summed E-state index contributed by atoms with van der Waals surface area (Å²) >= 11 is 1.44. The summed E-state index contributed by atoms with van der Waals surface area (Å²) < 4.78 is 6.99. The smallest absolute Gasteiger partial charge is 0.307 e. The molecule has 1 atom stereocenters. The van der Waals surface area contributed by atoms with E-state index in [1.165, 1.54) is 11.8 Å². The van der Waals surface area contributed by atoms with Crippen molar-refractivity contribution in [2.24, 2.45) is 7.05 Å². The second-order valence-corrected chi connectivity index (χ2v) is 7.96. The second-order valence-electron chi connectivity index (χ2n) is 6.51. The van der Waals surface area contributed by atoms with Crippen LogP contribution in [0.25, 0.3) is 0 Å². The van der Waals surface area contributed by atoms with E-state index >= 15 is 0 Å². The first kappa shape index (κ1) is 19.5. The molecule has 0 unspecified atom stereocenters. The van der Waals surface area contributed by atoms with Crippen molar-refractivity contribution in [2.45, 2.75) is 58.8 Å². The Morgan fingerprint density at radius 1 is 1.35 bits per heavy atom. The molecule has 1 aromatic heterocycles. The van der Waals surface area contributed by atoms with Gasteiger partial charge < -0.3 is 10.1 Å². The van der Waals surface area contributed by atoms with Crippen molar-refractivity contribution >= 4 is 29.3 Å². The van der Waals surface area contributed by atoms with Crippen LogP contribution in [0.5, 0.6) is 0 Å². The predicted molar refractivity (Wildman–Crippen MR) is 93.7 cm³/mol. The molecule has 1 N–H and O–H groups in total. The first-order chi connectivity index (χ1) is 10.5. The number of amides is 1. The number of aryl methyl sites for hydroxylation is 2. The lowest BCUT2D eigenvalue weighted by Gasteiger charge is -2.19. The lowest BCUT2D eigenvalue weighted by Crippen LogP contribution is -2.25. The molecule has 23 heavy (non-hydrogen) atoms. The molecule has 0 aliphatic rings. The average Bonchev–Trinajstić information content (AvgIpc) is 2.63. The van der Waals surface area contributed by atoms with Crippen molar-refractivity contribution in [3.05, 3.63) is 11.4 Å². The lowest BCUT2D eigenvalue weighted by molar-refractivity contribution is -0.154. The predicted octanol–water partition coefficient (Wildman–Crippen LogP) is 2.83. The van der Waals surface area contributed by atoms with Crippen LogP contribution in [0.1, 0.15) is 45.5 Å². The van der Waals surface area contributed by atoms with Gasteiger partial charge in [-0.05, 0) is 41.5 Å². The fourth-order valence-electron chi connectivity index (χ4n) is 1.97. The Morgan fingerprint density at radius 3 is 2.43 bits per heavy atom. The third kappa shape index (κ3) is 6.25. The Bertz CT molecular complexity index is 576. The monoisotopic (exact) mass is 341 g/mol. The fourth-order valence-corrected chi connectivity index (χ4v) is 2.81. The molecule has 0 aromatic carbocycles. The number of nitrogens with zero attached hydrogens (tertiary/aromatic N) is 2. The van der Waals surface area contributed by atoms with Crippen molar-refractivity contribution in [1.29, 1.82) is 0 Å². The number of aromatic nitrogens is 2. The van der Waals surface area contributed by atoms with Gasteiger partial charge in [0.25, 0.3) is 0 Å². The maximum Gasteiger partial charge on any atom is 0.307 e. The molecule has 0 spiro atoms. The van der Waals surface area contributed by atoms with Gasteiger partial charge in [-0.3, -0.25) is 14.3 Å². The van der Waals surface area contributed by atoms with Gasteiger partial charge in [-0.2, -0.15) is 5.10 Å². The molecule has 0 saturated heterocycles. The largest absolute Gasteiger partial charge is 0.460 e. The summed E-state index contributed by atoms with van der Waals surface area (Å²) in [5.41, 5.74) is 2.00. The van der Waals surface area contributed by atoms with E-state index < -0.39 is 5.60 Å². The maximum absolute atomic E-state index is 12.2. The van der Waals surface area contributed by atoms with Gasteiger partial charge in [0, 0.05) is 12.8 Å². The third-order valence-corrected chi connectivity index (χ3v) is 4.37. The molecule has 0 saturated carbocycles. The molecule has 0 fully saturated rings. The summed E-state index contributed by atoms with van der Waals surface area (Å²) in [6.07, 6.45) is 0.296. The number of carbonyl (C=O) groups is 2. The van der Waals surface area contributed by atoms with E-state index in [9.17, 15) is 9.59 Å². The van der Waals surface area contributed by atoms with Crippen molar-refractivity contribution in [1.82, 2.24) is 9.78 Å². The Hall–Kier alpha value is -1.50. The fraction of sp³-hybridized carbons (Fsp3) is 0.688. The number of carbonyl (C=O) groups excluding carboxylic acids is 2. The van der Waals surface area contributed by atoms with Crippen LogP contribution in [0.3, 0.4) is 0 Å². The summed E-state index contributed by atoms with van der Waals surface area (Å²) in [6.45, 7) is 11.1. The number of nitrogens with one attached hydrogen (secondary N) is 1. The Balaban J connectivity index is 2.44. The zero-order valence-corrected chi connectivity index (χ0v) is 15.8. The van der Waals surface area contributed by atoms with Gasteiger partial charge in [0.2, 0.25) is 5.91 Å². The summed E-state index contributed by atoms with van der Waals surface area (Å²) in [4.78, 5) is 23.9. The van der Waals surface area contributed by atoms with Gasteiger partial charge in [-0.25, -0.2) is 0 Å². The first-order valence-corrected chi connectivity index (χ1v) is 8.70. The quantitative estimate of drug-likeness (QED) is 0.806. The molecule has 7 heteroatoms. The Kier molecular flexibility index (Phi) is 6.68. The van der Waals surface area contributed by atoms with Gasteiger partial charge in [0.05, 0.1) is 28.7 Å². The molecule has 1 aromatic rings. The van der Waals surface area contributed by atoms with Crippen LogP contribution in [-0.4, -0.2) is 38.3 Å². The number of esters is 1. The number of ether oxygens (including phenoxy) is 1. The molecule has 1 heterocycles. The molecule has 0 bridgehead atoms. The first-order valence-electron chi connectivity index (χ1n) is 7.65. The maximum atomic E-state index is 12.2. The van der Waals surface area contributed by atoms with Crippen molar-refractivity contribution in [3.63, 3.8) is 0 Å². The third-order valence-electron chi connectivity index (χ3n) is 3.22. The molecule has 0 aliphatic heterocycles. The minimum atomic E-state index is -0.472. The van der Waals surface area contributed by atoms with Gasteiger partial charge in [-0.15, -0.1) is 11.8 Å². The minimum absolute atomic E-state index is 0.0848. The van der Waals surface area contributed by atoms with Crippen molar-refractivity contribution in [2.75, 3.05) is 11.1 Å². The molecule has 0 aliphatic carbocycles. The van der Waals surface area contributed by atoms with E-state index in [-0.39, 0.29) is 17.1 Å². The summed E-state index contributed by atoms with van der Waals surface area (Å²) in [6, 6.07) is 0. The van der Waals surface area contributed by atoms with Crippen LogP contribution in [0.15, 0.2) is 0 Å². The van der Waals surface area contributed by atoms with Crippen molar-refractivity contribution < 1.29 is 14.3 Å². The van der Waals surface area contributed by atoms with Crippen LogP contribution < -0.4 is 5.32 Å². The van der Waals surface area contributed by atoms with Crippen LogP contribution in [0.2, 0.25) is 0 Å². The topological polar surface area (TPSA) is 73.2 Å². The normalized spacial score (nSPS) is 12.8. The number of hydrogen-bond acceptors (Lipinski definition) is 5. The lowest BCUT2D eigenvalue weighted by atomic mass is 10.2. The highest BCUT2D eigenvalue weighted by Gasteiger charge is 2.20. The molecular formula is C16H27N3O3S. The van der Waals surface area contributed by atoms with Gasteiger partial charge in [0.15, 0.2) is 0 Å². The Morgan fingerprint density at radius 2 is 1.96 bits per heavy atom. The van der Waals surface area contributed by atoms with Gasteiger partial charge >= 0.3 is 5.97 Å². The minimum Gasteiger partial charge on any atom is -0.460 e.